The summed E-state index contributed by atoms with van der Waals surface area (Å²) in [7, 11) is 1.88. The summed E-state index contributed by atoms with van der Waals surface area (Å²) in [6, 6.07) is 4.32. The molecule has 0 radical (unpaired) electrons. The van der Waals surface area contributed by atoms with Crippen molar-refractivity contribution < 1.29 is 4.74 Å². The van der Waals surface area contributed by atoms with Crippen molar-refractivity contribution in [2.75, 3.05) is 13.2 Å². The van der Waals surface area contributed by atoms with E-state index >= 15 is 0 Å². The molecular weight excluding hydrogens is 178 g/mol. The van der Waals surface area contributed by atoms with Gasteiger partial charge in [0, 0.05) is 26.3 Å². The lowest BCUT2D eigenvalue weighted by Crippen LogP contribution is -2.22. The zero-order valence-corrected chi connectivity index (χ0v) is 8.23. The predicted molar refractivity (Wildman–Crippen MR) is 50.4 cm³/mol. The van der Waals surface area contributed by atoms with Crippen LogP contribution < -0.4 is 0 Å². The van der Waals surface area contributed by atoms with Gasteiger partial charge in [-0.25, -0.2) is 0 Å². The van der Waals surface area contributed by atoms with Gasteiger partial charge in [-0.1, -0.05) is 0 Å². The Bertz CT molecular complexity index is 358. The first-order valence-electron chi connectivity index (χ1n) is 4.72. The fourth-order valence-corrected chi connectivity index (χ4v) is 1.78. The molecule has 74 valence electrons. The van der Waals surface area contributed by atoms with Gasteiger partial charge in [-0.15, -0.1) is 0 Å². The summed E-state index contributed by atoms with van der Waals surface area (Å²) in [6.45, 7) is 1.24. The van der Waals surface area contributed by atoms with Crippen molar-refractivity contribution in [3.63, 3.8) is 0 Å². The summed E-state index contributed by atoms with van der Waals surface area (Å²) in [4.78, 5) is 0. The SMILES string of the molecule is Cn1ccc(CC2(C#N)CCOC2)n1. The molecule has 0 aromatic carbocycles. The number of rotatable bonds is 2. The lowest BCUT2D eigenvalue weighted by atomic mass is 9.84. The van der Waals surface area contributed by atoms with Gasteiger partial charge in [-0.2, -0.15) is 10.4 Å². The van der Waals surface area contributed by atoms with Gasteiger partial charge in [0.15, 0.2) is 0 Å². The zero-order chi connectivity index (χ0) is 10.0. The standard InChI is InChI=1S/C10H13N3O/c1-13-4-2-9(12-13)6-10(7-11)3-5-14-8-10/h2,4H,3,5-6,8H2,1H3. The minimum atomic E-state index is -0.339. The average molecular weight is 191 g/mol. The summed E-state index contributed by atoms with van der Waals surface area (Å²) >= 11 is 0. The Morgan fingerprint density at radius 2 is 2.64 bits per heavy atom. The molecule has 1 aromatic rings. The number of ether oxygens (including phenoxy) is 1. The Morgan fingerprint density at radius 1 is 1.79 bits per heavy atom. The summed E-state index contributed by atoms with van der Waals surface area (Å²) in [5.74, 6) is 0. The lowest BCUT2D eigenvalue weighted by molar-refractivity contribution is 0.171. The second-order valence-corrected chi connectivity index (χ2v) is 3.85. The number of aryl methyl sites for hydroxylation is 1. The lowest BCUT2D eigenvalue weighted by Gasteiger charge is -2.15. The summed E-state index contributed by atoms with van der Waals surface area (Å²) in [5.41, 5.74) is 0.633. The fourth-order valence-electron chi connectivity index (χ4n) is 1.78. The molecule has 0 bridgehead atoms. The average Bonchev–Trinajstić information content (AvgIpc) is 2.77. The molecule has 1 aromatic heterocycles. The van der Waals surface area contributed by atoms with E-state index in [1.807, 2.05) is 19.3 Å². The molecule has 4 nitrogen and oxygen atoms in total. The first-order valence-corrected chi connectivity index (χ1v) is 4.72. The molecule has 2 heterocycles. The van der Waals surface area contributed by atoms with E-state index in [1.54, 1.807) is 4.68 Å². The highest BCUT2D eigenvalue weighted by molar-refractivity contribution is 5.11. The molecule has 1 saturated heterocycles. The van der Waals surface area contributed by atoms with Gasteiger partial charge in [0.25, 0.3) is 0 Å². The van der Waals surface area contributed by atoms with Crippen LogP contribution in [0.5, 0.6) is 0 Å². The maximum absolute atomic E-state index is 9.12. The van der Waals surface area contributed by atoms with Gasteiger partial charge >= 0.3 is 0 Å². The van der Waals surface area contributed by atoms with Crippen LogP contribution >= 0.6 is 0 Å². The Balaban J connectivity index is 2.13. The molecule has 1 aliphatic heterocycles. The highest BCUT2D eigenvalue weighted by Crippen LogP contribution is 2.31. The molecule has 1 fully saturated rings. The van der Waals surface area contributed by atoms with Gasteiger partial charge in [0.2, 0.25) is 0 Å². The third kappa shape index (κ3) is 1.64. The molecule has 0 spiro atoms. The Labute approximate surface area is 83.1 Å². The van der Waals surface area contributed by atoms with E-state index in [-0.39, 0.29) is 5.41 Å². The van der Waals surface area contributed by atoms with Crippen molar-refractivity contribution in [3.05, 3.63) is 18.0 Å². The molecule has 0 aliphatic carbocycles. The maximum atomic E-state index is 9.12. The van der Waals surface area contributed by atoms with Crippen molar-refractivity contribution in [2.24, 2.45) is 12.5 Å². The Kier molecular flexibility index (Phi) is 2.26. The molecular formula is C10H13N3O. The molecule has 2 rings (SSSR count). The van der Waals surface area contributed by atoms with Gasteiger partial charge in [-0.3, -0.25) is 4.68 Å². The molecule has 1 aliphatic rings. The van der Waals surface area contributed by atoms with E-state index in [2.05, 4.69) is 11.2 Å². The van der Waals surface area contributed by atoms with Gasteiger partial charge in [-0.05, 0) is 12.5 Å². The van der Waals surface area contributed by atoms with Crippen LogP contribution in [0, 0.1) is 16.7 Å². The number of aromatic nitrogens is 2. The number of nitriles is 1. The minimum absolute atomic E-state index is 0.339. The smallest absolute Gasteiger partial charge is 0.0884 e. The monoisotopic (exact) mass is 191 g/mol. The molecule has 4 heteroatoms. The Hall–Kier alpha value is -1.34. The van der Waals surface area contributed by atoms with Crippen molar-refractivity contribution in [2.45, 2.75) is 12.8 Å². The minimum Gasteiger partial charge on any atom is -0.380 e. The van der Waals surface area contributed by atoms with Crippen LogP contribution in [0.4, 0.5) is 0 Å². The van der Waals surface area contributed by atoms with Gasteiger partial charge in [0.1, 0.15) is 0 Å². The predicted octanol–water partition coefficient (Wildman–Crippen LogP) is 0.893. The van der Waals surface area contributed by atoms with E-state index in [4.69, 9.17) is 10.00 Å². The molecule has 0 N–H and O–H groups in total. The van der Waals surface area contributed by atoms with E-state index in [1.165, 1.54) is 0 Å². The highest BCUT2D eigenvalue weighted by atomic mass is 16.5. The van der Waals surface area contributed by atoms with Crippen LogP contribution in [0.15, 0.2) is 12.3 Å². The number of hydrogen-bond donors (Lipinski definition) is 0. The number of nitrogens with zero attached hydrogens (tertiary/aromatic N) is 3. The van der Waals surface area contributed by atoms with Crippen molar-refractivity contribution >= 4 is 0 Å². The van der Waals surface area contributed by atoms with Crippen LogP contribution in [-0.4, -0.2) is 23.0 Å². The largest absolute Gasteiger partial charge is 0.380 e. The van der Waals surface area contributed by atoms with Gasteiger partial charge < -0.3 is 4.74 Å². The van der Waals surface area contributed by atoms with E-state index in [0.717, 1.165) is 12.1 Å². The first kappa shape index (κ1) is 9.22. The topological polar surface area (TPSA) is 50.8 Å². The van der Waals surface area contributed by atoms with Crippen LogP contribution in [0.25, 0.3) is 0 Å². The molecule has 0 amide bonds. The summed E-state index contributed by atoms with van der Waals surface area (Å²) < 4.78 is 7.03. The van der Waals surface area contributed by atoms with E-state index < -0.39 is 0 Å². The number of hydrogen-bond acceptors (Lipinski definition) is 3. The van der Waals surface area contributed by atoms with E-state index in [0.29, 0.717) is 19.6 Å². The van der Waals surface area contributed by atoms with Crippen molar-refractivity contribution in [3.8, 4) is 6.07 Å². The third-order valence-corrected chi connectivity index (χ3v) is 2.63. The highest BCUT2D eigenvalue weighted by Gasteiger charge is 2.35. The second-order valence-electron chi connectivity index (χ2n) is 3.85. The fraction of sp³-hybridized carbons (Fsp3) is 0.600. The summed E-state index contributed by atoms with van der Waals surface area (Å²) in [6.07, 6.45) is 3.42. The van der Waals surface area contributed by atoms with Crippen molar-refractivity contribution in [1.82, 2.24) is 9.78 Å². The van der Waals surface area contributed by atoms with Crippen LogP contribution in [0.3, 0.4) is 0 Å². The second kappa shape index (κ2) is 3.43. The van der Waals surface area contributed by atoms with Crippen molar-refractivity contribution in [1.29, 1.82) is 5.26 Å². The zero-order valence-electron chi connectivity index (χ0n) is 8.23. The first-order chi connectivity index (χ1) is 6.74. The molecule has 1 atom stereocenters. The Morgan fingerprint density at radius 3 is 3.14 bits per heavy atom. The quantitative estimate of drug-likeness (QED) is 0.697. The summed E-state index contributed by atoms with van der Waals surface area (Å²) in [5, 5.41) is 13.4. The van der Waals surface area contributed by atoms with Crippen LogP contribution in [0.1, 0.15) is 12.1 Å². The molecule has 0 saturated carbocycles. The third-order valence-electron chi connectivity index (χ3n) is 2.63. The van der Waals surface area contributed by atoms with Gasteiger partial charge in [0.05, 0.1) is 23.8 Å². The maximum Gasteiger partial charge on any atom is 0.0884 e. The molecule has 1 unspecified atom stereocenters. The van der Waals surface area contributed by atoms with Crippen LogP contribution in [0.2, 0.25) is 0 Å². The van der Waals surface area contributed by atoms with Crippen LogP contribution in [-0.2, 0) is 18.2 Å². The molecule has 14 heavy (non-hydrogen) atoms. The van der Waals surface area contributed by atoms with E-state index in [9.17, 15) is 0 Å². The normalized spacial score (nSPS) is 26.3.